The standard InChI is InChI=1S/C14H22N4O3/c1-9(15)7-13(19)18-5-3-11(4-6-18)14(20)16-12-8-10(2)21-17-12/h8-9,11H,3-7,15H2,1-2H3,(H,16,17,20). The molecule has 7 heteroatoms. The third kappa shape index (κ3) is 4.29. The number of carbonyl (C=O) groups is 2. The van der Waals surface area contributed by atoms with Gasteiger partial charge in [0.1, 0.15) is 5.76 Å². The lowest BCUT2D eigenvalue weighted by Crippen LogP contribution is -2.42. The molecule has 1 unspecified atom stereocenters. The highest BCUT2D eigenvalue weighted by atomic mass is 16.5. The van der Waals surface area contributed by atoms with Gasteiger partial charge in [0.25, 0.3) is 0 Å². The van der Waals surface area contributed by atoms with Crippen molar-refractivity contribution < 1.29 is 14.1 Å². The summed E-state index contributed by atoms with van der Waals surface area (Å²) in [6.45, 7) is 4.78. The van der Waals surface area contributed by atoms with Crippen molar-refractivity contribution in [2.45, 2.75) is 39.2 Å². The Bertz CT molecular complexity index is 504. The highest BCUT2D eigenvalue weighted by Crippen LogP contribution is 2.20. The quantitative estimate of drug-likeness (QED) is 0.859. The maximum atomic E-state index is 12.1. The topological polar surface area (TPSA) is 101 Å². The molecule has 0 bridgehead atoms. The van der Waals surface area contributed by atoms with E-state index < -0.39 is 0 Å². The van der Waals surface area contributed by atoms with E-state index in [1.807, 2.05) is 6.92 Å². The lowest BCUT2D eigenvalue weighted by Gasteiger charge is -2.31. The molecular formula is C14H22N4O3. The van der Waals surface area contributed by atoms with Crippen molar-refractivity contribution in [3.05, 3.63) is 11.8 Å². The number of likely N-dealkylation sites (tertiary alicyclic amines) is 1. The van der Waals surface area contributed by atoms with Gasteiger partial charge in [-0.1, -0.05) is 5.16 Å². The average molecular weight is 294 g/mol. The van der Waals surface area contributed by atoms with Crippen LogP contribution in [0.4, 0.5) is 5.82 Å². The average Bonchev–Trinajstić information content (AvgIpc) is 2.83. The zero-order valence-electron chi connectivity index (χ0n) is 12.5. The second-order valence-electron chi connectivity index (χ2n) is 5.65. The van der Waals surface area contributed by atoms with E-state index in [9.17, 15) is 9.59 Å². The van der Waals surface area contributed by atoms with Crippen LogP contribution in [0, 0.1) is 12.8 Å². The summed E-state index contributed by atoms with van der Waals surface area (Å²) in [6.07, 6.45) is 1.68. The molecule has 1 aliphatic heterocycles. The Hall–Kier alpha value is -1.89. The van der Waals surface area contributed by atoms with Crippen molar-refractivity contribution in [2.75, 3.05) is 18.4 Å². The van der Waals surface area contributed by atoms with E-state index in [4.69, 9.17) is 10.3 Å². The molecule has 0 aliphatic carbocycles. The van der Waals surface area contributed by atoms with Crippen LogP contribution in [0.1, 0.15) is 31.9 Å². The van der Waals surface area contributed by atoms with Crippen molar-refractivity contribution in [1.82, 2.24) is 10.1 Å². The smallest absolute Gasteiger partial charge is 0.228 e. The third-order valence-corrected chi connectivity index (χ3v) is 3.59. The molecule has 0 aromatic carbocycles. The predicted molar refractivity (Wildman–Crippen MR) is 77.4 cm³/mol. The molecule has 2 rings (SSSR count). The number of nitrogens with zero attached hydrogens (tertiary/aromatic N) is 2. The first-order valence-electron chi connectivity index (χ1n) is 7.23. The van der Waals surface area contributed by atoms with E-state index >= 15 is 0 Å². The largest absolute Gasteiger partial charge is 0.360 e. The van der Waals surface area contributed by atoms with Gasteiger partial charge in [0, 0.05) is 37.5 Å². The molecule has 1 fully saturated rings. The van der Waals surface area contributed by atoms with E-state index in [2.05, 4.69) is 10.5 Å². The second kappa shape index (κ2) is 6.71. The summed E-state index contributed by atoms with van der Waals surface area (Å²) < 4.78 is 4.91. The van der Waals surface area contributed by atoms with E-state index in [1.165, 1.54) is 0 Å². The van der Waals surface area contributed by atoms with Gasteiger partial charge in [0.05, 0.1) is 0 Å². The highest BCUT2D eigenvalue weighted by Gasteiger charge is 2.27. The van der Waals surface area contributed by atoms with Crippen LogP contribution in [0.25, 0.3) is 0 Å². The minimum Gasteiger partial charge on any atom is -0.360 e. The number of aryl methyl sites for hydroxylation is 1. The first-order valence-corrected chi connectivity index (χ1v) is 7.23. The van der Waals surface area contributed by atoms with Gasteiger partial charge in [-0.3, -0.25) is 9.59 Å². The van der Waals surface area contributed by atoms with Crippen molar-refractivity contribution in [3.63, 3.8) is 0 Å². The Morgan fingerprint density at radius 1 is 1.52 bits per heavy atom. The summed E-state index contributed by atoms with van der Waals surface area (Å²) in [4.78, 5) is 25.8. The Morgan fingerprint density at radius 3 is 2.71 bits per heavy atom. The number of nitrogens with one attached hydrogen (secondary N) is 1. The van der Waals surface area contributed by atoms with Gasteiger partial charge in [-0.25, -0.2) is 0 Å². The SMILES string of the molecule is Cc1cc(NC(=O)C2CCN(C(=O)CC(C)N)CC2)no1. The van der Waals surface area contributed by atoms with E-state index in [1.54, 1.807) is 17.9 Å². The second-order valence-corrected chi connectivity index (χ2v) is 5.65. The molecule has 1 aromatic rings. The summed E-state index contributed by atoms with van der Waals surface area (Å²) in [6, 6.07) is 1.55. The maximum absolute atomic E-state index is 12.1. The van der Waals surface area contributed by atoms with Crippen LogP contribution in [-0.4, -0.2) is 41.0 Å². The van der Waals surface area contributed by atoms with Crippen molar-refractivity contribution in [3.8, 4) is 0 Å². The number of amides is 2. The van der Waals surface area contributed by atoms with Crippen molar-refractivity contribution in [2.24, 2.45) is 11.7 Å². The van der Waals surface area contributed by atoms with Gasteiger partial charge in [0.15, 0.2) is 5.82 Å². The van der Waals surface area contributed by atoms with Crippen LogP contribution < -0.4 is 11.1 Å². The number of piperidine rings is 1. The Labute approximate surface area is 123 Å². The molecule has 2 heterocycles. The minimum atomic E-state index is -0.131. The minimum absolute atomic E-state index is 0.0657. The van der Waals surface area contributed by atoms with Gasteiger partial charge in [-0.2, -0.15) is 0 Å². The molecule has 1 atom stereocenters. The normalized spacial score (nSPS) is 17.6. The maximum Gasteiger partial charge on any atom is 0.228 e. The van der Waals surface area contributed by atoms with Crippen LogP contribution in [0.2, 0.25) is 0 Å². The molecule has 116 valence electrons. The van der Waals surface area contributed by atoms with Crippen LogP contribution in [0.3, 0.4) is 0 Å². The van der Waals surface area contributed by atoms with Crippen molar-refractivity contribution >= 4 is 17.6 Å². The summed E-state index contributed by atoms with van der Waals surface area (Å²) in [5, 5.41) is 6.48. The van der Waals surface area contributed by atoms with Crippen LogP contribution in [-0.2, 0) is 9.59 Å². The Balaban J connectivity index is 1.80. The lowest BCUT2D eigenvalue weighted by atomic mass is 9.95. The molecule has 1 aliphatic rings. The first kappa shape index (κ1) is 15.5. The van der Waals surface area contributed by atoms with Crippen LogP contribution in [0.5, 0.6) is 0 Å². The predicted octanol–water partition coefficient (Wildman–Crippen LogP) is 0.897. The monoisotopic (exact) mass is 294 g/mol. The fraction of sp³-hybridized carbons (Fsp3) is 0.643. The number of hydrogen-bond acceptors (Lipinski definition) is 5. The van der Waals surface area contributed by atoms with Gasteiger partial charge >= 0.3 is 0 Å². The van der Waals surface area contributed by atoms with Gasteiger partial charge in [-0.15, -0.1) is 0 Å². The molecule has 3 N–H and O–H groups in total. The number of rotatable bonds is 4. The van der Waals surface area contributed by atoms with Gasteiger partial charge < -0.3 is 20.5 Å². The summed E-state index contributed by atoms with van der Waals surface area (Å²) in [5.74, 6) is 0.995. The first-order chi connectivity index (χ1) is 9.95. The molecule has 7 nitrogen and oxygen atoms in total. The Kier molecular flexibility index (Phi) is 4.95. The van der Waals surface area contributed by atoms with Gasteiger partial charge in [0.2, 0.25) is 11.8 Å². The van der Waals surface area contributed by atoms with Crippen LogP contribution >= 0.6 is 0 Å². The molecule has 0 spiro atoms. The zero-order chi connectivity index (χ0) is 15.4. The van der Waals surface area contributed by atoms with E-state index in [-0.39, 0.29) is 23.8 Å². The number of anilines is 1. The molecule has 1 aromatic heterocycles. The molecule has 2 amide bonds. The third-order valence-electron chi connectivity index (χ3n) is 3.59. The summed E-state index contributed by atoms with van der Waals surface area (Å²) >= 11 is 0. The fourth-order valence-corrected chi connectivity index (χ4v) is 2.45. The van der Waals surface area contributed by atoms with E-state index in [0.717, 1.165) is 0 Å². The fourth-order valence-electron chi connectivity index (χ4n) is 2.45. The van der Waals surface area contributed by atoms with Crippen molar-refractivity contribution in [1.29, 1.82) is 0 Å². The lowest BCUT2D eigenvalue weighted by molar-refractivity contribution is -0.134. The molecule has 0 radical (unpaired) electrons. The number of carbonyl (C=O) groups excluding carboxylic acids is 2. The van der Waals surface area contributed by atoms with E-state index in [0.29, 0.717) is 43.9 Å². The molecular weight excluding hydrogens is 272 g/mol. The summed E-state index contributed by atoms with van der Waals surface area (Å²) in [5.41, 5.74) is 5.64. The molecule has 0 saturated carbocycles. The Morgan fingerprint density at radius 2 is 2.19 bits per heavy atom. The zero-order valence-corrected chi connectivity index (χ0v) is 12.5. The summed E-state index contributed by atoms with van der Waals surface area (Å²) in [7, 11) is 0. The number of hydrogen-bond donors (Lipinski definition) is 2. The molecule has 21 heavy (non-hydrogen) atoms. The number of aromatic nitrogens is 1. The highest BCUT2D eigenvalue weighted by molar-refractivity contribution is 5.91. The molecule has 1 saturated heterocycles. The van der Waals surface area contributed by atoms with Gasteiger partial charge in [-0.05, 0) is 26.7 Å². The number of nitrogens with two attached hydrogens (primary N) is 1. The van der Waals surface area contributed by atoms with Crippen LogP contribution in [0.15, 0.2) is 10.6 Å².